The molecule has 0 amide bonds. The molecule has 0 saturated heterocycles. The molecule has 0 N–H and O–H groups in total. The molecule has 1 aromatic heterocycles. The number of hydrogen-bond acceptors (Lipinski definition) is 1. The van der Waals surface area contributed by atoms with Gasteiger partial charge >= 0.3 is 0 Å². The highest BCUT2D eigenvalue weighted by Gasteiger charge is 2.15. The van der Waals surface area contributed by atoms with Crippen molar-refractivity contribution in [2.24, 2.45) is 0 Å². The Labute approximate surface area is 260 Å². The average molecular weight is 571 g/mol. The van der Waals surface area contributed by atoms with Gasteiger partial charge in [-0.15, -0.1) is 0 Å². The molecule has 1 heterocycles. The zero-order valence-electron chi connectivity index (χ0n) is 24.4. The number of para-hydroxylation sites is 1. The molecule has 45 heavy (non-hydrogen) atoms. The van der Waals surface area contributed by atoms with E-state index in [1.54, 1.807) is 0 Å². The Morgan fingerprint density at radius 2 is 1.00 bits per heavy atom. The Bertz CT molecular complexity index is 2640. The molecule has 0 aliphatic heterocycles. The monoisotopic (exact) mass is 570 g/mol. The van der Waals surface area contributed by atoms with Crippen LogP contribution >= 0.6 is 0 Å². The van der Waals surface area contributed by atoms with Crippen molar-refractivity contribution >= 4 is 54.1 Å². The van der Waals surface area contributed by atoms with Gasteiger partial charge in [0.2, 0.25) is 0 Å². The SMILES string of the molecule is N#Cc1ccc2cc(-c3ccc4c(ccc5cc6c(cc54)c4ccccc4n6-c4ccc(-c5ccccc5)cc4)c3)ccc2c1. The van der Waals surface area contributed by atoms with Gasteiger partial charge < -0.3 is 4.57 Å². The summed E-state index contributed by atoms with van der Waals surface area (Å²) in [7, 11) is 0. The van der Waals surface area contributed by atoms with Gasteiger partial charge in [-0.3, -0.25) is 0 Å². The Hall–Kier alpha value is -6.17. The molecule has 0 bridgehead atoms. The van der Waals surface area contributed by atoms with Crippen LogP contribution in [0, 0.1) is 11.3 Å². The topological polar surface area (TPSA) is 28.7 Å². The van der Waals surface area contributed by atoms with Gasteiger partial charge in [0.05, 0.1) is 22.7 Å². The molecular weight excluding hydrogens is 544 g/mol. The van der Waals surface area contributed by atoms with Crippen molar-refractivity contribution < 1.29 is 0 Å². The Morgan fingerprint density at radius 3 is 1.82 bits per heavy atom. The van der Waals surface area contributed by atoms with Crippen LogP contribution in [0.5, 0.6) is 0 Å². The molecular formula is C43H26N2. The first-order valence-electron chi connectivity index (χ1n) is 15.2. The fourth-order valence-corrected chi connectivity index (χ4v) is 6.91. The lowest BCUT2D eigenvalue weighted by Crippen LogP contribution is -1.93. The third-order valence-corrected chi connectivity index (χ3v) is 9.16. The van der Waals surface area contributed by atoms with Gasteiger partial charge in [-0.05, 0) is 109 Å². The van der Waals surface area contributed by atoms with Gasteiger partial charge in [0.1, 0.15) is 0 Å². The van der Waals surface area contributed by atoms with E-state index in [0.29, 0.717) is 5.56 Å². The molecule has 0 aliphatic rings. The van der Waals surface area contributed by atoms with E-state index in [1.807, 2.05) is 18.2 Å². The maximum atomic E-state index is 9.26. The highest BCUT2D eigenvalue weighted by atomic mass is 15.0. The van der Waals surface area contributed by atoms with Crippen molar-refractivity contribution in [3.63, 3.8) is 0 Å². The maximum Gasteiger partial charge on any atom is 0.0991 e. The lowest BCUT2D eigenvalue weighted by Gasteiger charge is -2.11. The van der Waals surface area contributed by atoms with Crippen molar-refractivity contribution in [1.29, 1.82) is 5.26 Å². The van der Waals surface area contributed by atoms with Crippen molar-refractivity contribution in [2.45, 2.75) is 0 Å². The van der Waals surface area contributed by atoms with Crippen molar-refractivity contribution in [3.8, 4) is 34.0 Å². The number of rotatable bonds is 3. The third kappa shape index (κ3) is 4.10. The molecule has 9 aromatic rings. The van der Waals surface area contributed by atoms with Crippen LogP contribution in [0.4, 0.5) is 0 Å². The van der Waals surface area contributed by atoms with E-state index >= 15 is 0 Å². The van der Waals surface area contributed by atoms with Crippen LogP contribution in [-0.4, -0.2) is 4.57 Å². The summed E-state index contributed by atoms with van der Waals surface area (Å²) in [5.41, 5.74) is 9.06. The molecule has 0 saturated carbocycles. The summed E-state index contributed by atoms with van der Waals surface area (Å²) in [5, 5.41) is 19.0. The minimum absolute atomic E-state index is 0.686. The second kappa shape index (κ2) is 9.95. The number of hydrogen-bond donors (Lipinski definition) is 0. The molecule has 0 unspecified atom stereocenters. The minimum Gasteiger partial charge on any atom is -0.309 e. The predicted molar refractivity (Wildman–Crippen MR) is 189 cm³/mol. The fourth-order valence-electron chi connectivity index (χ4n) is 6.91. The van der Waals surface area contributed by atoms with Crippen molar-refractivity contribution in [1.82, 2.24) is 4.57 Å². The van der Waals surface area contributed by atoms with Crippen LogP contribution in [-0.2, 0) is 0 Å². The number of aromatic nitrogens is 1. The molecule has 2 nitrogen and oxygen atoms in total. The largest absolute Gasteiger partial charge is 0.309 e. The number of nitrogens with zero attached hydrogens (tertiary/aromatic N) is 2. The van der Waals surface area contributed by atoms with Crippen LogP contribution in [0.1, 0.15) is 5.56 Å². The fraction of sp³-hybridized carbons (Fsp3) is 0. The summed E-state index contributed by atoms with van der Waals surface area (Å²) in [6.45, 7) is 0. The molecule has 0 spiro atoms. The summed E-state index contributed by atoms with van der Waals surface area (Å²) in [4.78, 5) is 0. The second-order valence-electron chi connectivity index (χ2n) is 11.7. The summed E-state index contributed by atoms with van der Waals surface area (Å²) in [6, 6.07) is 58.8. The standard InChI is InChI=1S/C43H26N2/c44-27-28-10-11-32-23-33(13-12-31(32)22-28)34-18-21-38-35(24-34)14-15-36-25-43-41(26-40(36)38)39-8-4-5-9-42(39)45(43)37-19-16-30(17-20-37)29-6-2-1-3-7-29/h1-26H. The molecule has 0 atom stereocenters. The highest BCUT2D eigenvalue weighted by molar-refractivity contribution is 6.18. The van der Waals surface area contributed by atoms with E-state index in [9.17, 15) is 5.26 Å². The molecule has 0 fully saturated rings. The first-order valence-corrected chi connectivity index (χ1v) is 15.2. The molecule has 0 aliphatic carbocycles. The molecule has 2 heteroatoms. The van der Waals surface area contributed by atoms with E-state index < -0.39 is 0 Å². The molecule has 0 radical (unpaired) electrons. The summed E-state index contributed by atoms with van der Waals surface area (Å²) < 4.78 is 2.39. The summed E-state index contributed by atoms with van der Waals surface area (Å²) >= 11 is 0. The van der Waals surface area contributed by atoms with Crippen molar-refractivity contribution in [3.05, 3.63) is 163 Å². The average Bonchev–Trinajstić information content (AvgIpc) is 3.43. The van der Waals surface area contributed by atoms with E-state index in [2.05, 4.69) is 150 Å². The molecule has 208 valence electrons. The van der Waals surface area contributed by atoms with Gasteiger partial charge in [-0.2, -0.15) is 5.26 Å². The molecule has 8 aromatic carbocycles. The van der Waals surface area contributed by atoms with Crippen LogP contribution < -0.4 is 0 Å². The van der Waals surface area contributed by atoms with E-state index in [-0.39, 0.29) is 0 Å². The lowest BCUT2D eigenvalue weighted by atomic mass is 9.95. The summed E-state index contributed by atoms with van der Waals surface area (Å²) in [5.74, 6) is 0. The second-order valence-corrected chi connectivity index (χ2v) is 11.7. The predicted octanol–water partition coefficient (Wildman–Crippen LogP) is 11.4. The quantitative estimate of drug-likeness (QED) is 0.194. The third-order valence-electron chi connectivity index (χ3n) is 9.16. The van der Waals surface area contributed by atoms with Gasteiger partial charge in [0.15, 0.2) is 0 Å². The number of benzene rings is 8. The zero-order valence-corrected chi connectivity index (χ0v) is 24.4. The maximum absolute atomic E-state index is 9.26. The normalized spacial score (nSPS) is 11.5. The van der Waals surface area contributed by atoms with Crippen molar-refractivity contribution in [2.75, 3.05) is 0 Å². The smallest absolute Gasteiger partial charge is 0.0991 e. The number of fused-ring (bicyclic) bond motifs is 7. The zero-order chi connectivity index (χ0) is 29.9. The van der Waals surface area contributed by atoms with Crippen LogP contribution in [0.15, 0.2) is 158 Å². The Balaban J connectivity index is 1.19. The van der Waals surface area contributed by atoms with Gasteiger partial charge in [-0.1, -0.05) is 103 Å². The van der Waals surface area contributed by atoms with E-state index in [1.165, 1.54) is 65.6 Å². The Kier molecular flexibility index (Phi) is 5.60. The van der Waals surface area contributed by atoms with E-state index in [0.717, 1.165) is 16.5 Å². The first kappa shape index (κ1) is 25.3. The highest BCUT2D eigenvalue weighted by Crippen LogP contribution is 2.38. The number of nitriles is 1. The van der Waals surface area contributed by atoms with Crippen LogP contribution in [0.3, 0.4) is 0 Å². The minimum atomic E-state index is 0.686. The molecule has 9 rings (SSSR count). The Morgan fingerprint density at radius 1 is 0.378 bits per heavy atom. The van der Waals surface area contributed by atoms with Gasteiger partial charge in [0.25, 0.3) is 0 Å². The van der Waals surface area contributed by atoms with E-state index in [4.69, 9.17) is 0 Å². The first-order chi connectivity index (χ1) is 22.2. The van der Waals surface area contributed by atoms with Crippen LogP contribution in [0.25, 0.3) is 82.1 Å². The van der Waals surface area contributed by atoms with Crippen LogP contribution in [0.2, 0.25) is 0 Å². The van der Waals surface area contributed by atoms with Gasteiger partial charge in [-0.25, -0.2) is 0 Å². The van der Waals surface area contributed by atoms with Gasteiger partial charge in [0, 0.05) is 16.5 Å². The lowest BCUT2D eigenvalue weighted by molar-refractivity contribution is 1.18. The summed E-state index contributed by atoms with van der Waals surface area (Å²) in [6.07, 6.45) is 0.